The van der Waals surface area contributed by atoms with Gasteiger partial charge in [-0.15, -0.1) is 0 Å². The maximum atomic E-state index is 12.8. The number of carbonyl (C=O) groups is 3. The van der Waals surface area contributed by atoms with Crippen LogP contribution in [0.25, 0.3) is 5.57 Å². The van der Waals surface area contributed by atoms with Crippen molar-refractivity contribution in [1.29, 1.82) is 0 Å². The molecule has 2 aromatic carbocycles. The number of aliphatic hydroxyl groups excluding tert-OH is 1. The van der Waals surface area contributed by atoms with Crippen molar-refractivity contribution in [3.8, 4) is 0 Å². The van der Waals surface area contributed by atoms with Crippen LogP contribution in [0.2, 0.25) is 10.0 Å². The van der Waals surface area contributed by atoms with E-state index in [0.29, 0.717) is 18.1 Å². The summed E-state index contributed by atoms with van der Waals surface area (Å²) in [6, 6.07) is 10.1. The van der Waals surface area contributed by atoms with Gasteiger partial charge in [-0.2, -0.15) is 0 Å². The number of halogens is 2. The predicted molar refractivity (Wildman–Crippen MR) is 106 cm³/mol. The van der Waals surface area contributed by atoms with Crippen LogP contribution < -0.4 is 4.90 Å². The number of hydrogen-bond acceptors (Lipinski definition) is 5. The van der Waals surface area contributed by atoms with Crippen molar-refractivity contribution in [2.45, 2.75) is 13.3 Å². The second-order valence-corrected chi connectivity index (χ2v) is 6.82. The van der Waals surface area contributed by atoms with Gasteiger partial charge in [0, 0.05) is 10.6 Å². The maximum absolute atomic E-state index is 12.8. The fourth-order valence-electron chi connectivity index (χ4n) is 2.71. The van der Waals surface area contributed by atoms with E-state index in [-0.39, 0.29) is 27.4 Å². The van der Waals surface area contributed by atoms with Crippen molar-refractivity contribution in [1.82, 2.24) is 0 Å². The van der Waals surface area contributed by atoms with Gasteiger partial charge in [-0.05, 0) is 42.8 Å². The molecule has 0 fully saturated rings. The number of nitrogens with zero attached hydrogens (tertiary/aromatic N) is 1. The van der Waals surface area contributed by atoms with Crippen molar-refractivity contribution < 1.29 is 24.2 Å². The lowest BCUT2D eigenvalue weighted by atomic mass is 10.1. The Morgan fingerprint density at radius 3 is 2.36 bits per heavy atom. The van der Waals surface area contributed by atoms with Crippen LogP contribution in [0.4, 0.5) is 5.69 Å². The Balaban J connectivity index is 1.90. The lowest BCUT2D eigenvalue weighted by molar-refractivity contribution is -0.121. The molecule has 0 atom stereocenters. The molecule has 8 heteroatoms. The predicted octanol–water partition coefficient (Wildman–Crippen LogP) is 4.40. The van der Waals surface area contributed by atoms with Crippen LogP contribution in [0.3, 0.4) is 0 Å². The van der Waals surface area contributed by atoms with Gasteiger partial charge in [-0.3, -0.25) is 9.59 Å². The summed E-state index contributed by atoms with van der Waals surface area (Å²) in [5.41, 5.74) is 0.477. The van der Waals surface area contributed by atoms with Gasteiger partial charge in [-0.25, -0.2) is 9.69 Å². The molecule has 1 N–H and O–H groups in total. The SMILES string of the molecule is CCCOC(=O)c1ccc(N2C(=O)C(O)=C(c3ccc(Cl)cc3Cl)C2=O)cc1. The van der Waals surface area contributed by atoms with Gasteiger partial charge in [0.25, 0.3) is 5.91 Å². The normalized spacial score (nSPS) is 14.0. The molecule has 1 heterocycles. The zero-order valence-corrected chi connectivity index (χ0v) is 16.3. The van der Waals surface area contributed by atoms with E-state index in [9.17, 15) is 19.5 Å². The van der Waals surface area contributed by atoms with E-state index in [1.165, 1.54) is 42.5 Å². The molecule has 2 aromatic rings. The Morgan fingerprint density at radius 2 is 1.75 bits per heavy atom. The van der Waals surface area contributed by atoms with Gasteiger partial charge in [0.1, 0.15) is 0 Å². The fourth-order valence-corrected chi connectivity index (χ4v) is 3.22. The smallest absolute Gasteiger partial charge is 0.338 e. The molecule has 2 amide bonds. The molecular weight excluding hydrogens is 405 g/mol. The van der Waals surface area contributed by atoms with Crippen LogP contribution in [0.15, 0.2) is 48.2 Å². The first-order valence-corrected chi connectivity index (χ1v) is 9.15. The minimum absolute atomic E-state index is 0.131. The van der Waals surface area contributed by atoms with Crippen molar-refractivity contribution >= 4 is 52.2 Å². The molecule has 0 unspecified atom stereocenters. The number of hydrogen-bond donors (Lipinski definition) is 1. The van der Waals surface area contributed by atoms with Gasteiger partial charge >= 0.3 is 11.9 Å². The Morgan fingerprint density at radius 1 is 1.07 bits per heavy atom. The number of ether oxygens (including phenoxy) is 1. The van der Waals surface area contributed by atoms with Gasteiger partial charge in [0.05, 0.1) is 28.5 Å². The summed E-state index contributed by atoms with van der Waals surface area (Å²) in [5.74, 6) is -2.82. The summed E-state index contributed by atoms with van der Waals surface area (Å²) in [7, 11) is 0. The lowest BCUT2D eigenvalue weighted by Gasteiger charge is -2.15. The van der Waals surface area contributed by atoms with E-state index in [1.54, 1.807) is 0 Å². The molecule has 1 aliphatic rings. The number of esters is 1. The number of imide groups is 1. The number of benzene rings is 2. The standard InChI is InChI=1S/C20H15Cl2NO5/c1-2-9-28-20(27)11-3-6-13(7-4-11)23-18(25)16(17(24)19(23)26)14-8-5-12(21)10-15(14)22/h3-8,10,24H,2,9H2,1H3. The molecule has 3 rings (SSSR count). The fraction of sp³-hybridized carbons (Fsp3) is 0.150. The van der Waals surface area contributed by atoms with E-state index in [1.807, 2.05) is 6.92 Å². The molecule has 1 aliphatic heterocycles. The minimum Gasteiger partial charge on any atom is -0.502 e. The Kier molecular flexibility index (Phi) is 5.72. The van der Waals surface area contributed by atoms with Crippen LogP contribution >= 0.6 is 23.2 Å². The second kappa shape index (κ2) is 8.04. The first-order valence-electron chi connectivity index (χ1n) is 8.39. The van der Waals surface area contributed by atoms with Crippen LogP contribution in [-0.4, -0.2) is 29.5 Å². The molecule has 0 saturated carbocycles. The van der Waals surface area contributed by atoms with Gasteiger partial charge in [0.15, 0.2) is 5.76 Å². The number of amides is 2. The summed E-state index contributed by atoms with van der Waals surface area (Å²) in [6.45, 7) is 2.18. The van der Waals surface area contributed by atoms with Crippen molar-refractivity contribution in [2.75, 3.05) is 11.5 Å². The minimum atomic E-state index is -0.882. The van der Waals surface area contributed by atoms with E-state index in [2.05, 4.69) is 0 Å². The third-order valence-electron chi connectivity index (χ3n) is 4.06. The van der Waals surface area contributed by atoms with Crippen molar-refractivity contribution in [2.24, 2.45) is 0 Å². The van der Waals surface area contributed by atoms with E-state index < -0.39 is 23.5 Å². The first-order chi connectivity index (χ1) is 13.3. The van der Waals surface area contributed by atoms with Gasteiger partial charge < -0.3 is 9.84 Å². The molecule has 6 nitrogen and oxygen atoms in total. The highest BCUT2D eigenvalue weighted by Crippen LogP contribution is 2.36. The molecule has 0 aromatic heterocycles. The number of carbonyl (C=O) groups excluding carboxylic acids is 3. The maximum Gasteiger partial charge on any atom is 0.338 e. The van der Waals surface area contributed by atoms with E-state index >= 15 is 0 Å². The molecular formula is C20H15Cl2NO5. The van der Waals surface area contributed by atoms with Crippen LogP contribution in [-0.2, 0) is 14.3 Å². The Labute approximate surface area is 170 Å². The molecule has 0 aliphatic carbocycles. The summed E-state index contributed by atoms with van der Waals surface area (Å²) in [4.78, 5) is 38.0. The van der Waals surface area contributed by atoms with Crippen LogP contribution in [0.5, 0.6) is 0 Å². The molecule has 144 valence electrons. The third kappa shape index (κ3) is 3.61. The van der Waals surface area contributed by atoms with Crippen LogP contribution in [0.1, 0.15) is 29.3 Å². The number of rotatable bonds is 5. The lowest BCUT2D eigenvalue weighted by Crippen LogP contribution is -2.31. The summed E-state index contributed by atoms with van der Waals surface area (Å²) >= 11 is 12.0. The van der Waals surface area contributed by atoms with E-state index in [0.717, 1.165) is 4.90 Å². The van der Waals surface area contributed by atoms with Gasteiger partial charge in [0.2, 0.25) is 0 Å². The largest absolute Gasteiger partial charge is 0.502 e. The molecule has 0 radical (unpaired) electrons. The second-order valence-electron chi connectivity index (χ2n) is 5.98. The molecule has 0 saturated heterocycles. The number of aliphatic hydroxyl groups is 1. The average Bonchev–Trinajstić information content (AvgIpc) is 2.89. The topological polar surface area (TPSA) is 83.9 Å². The molecule has 0 bridgehead atoms. The molecule has 28 heavy (non-hydrogen) atoms. The van der Waals surface area contributed by atoms with E-state index in [4.69, 9.17) is 27.9 Å². The third-order valence-corrected chi connectivity index (χ3v) is 4.61. The highest BCUT2D eigenvalue weighted by atomic mass is 35.5. The number of anilines is 1. The average molecular weight is 420 g/mol. The monoisotopic (exact) mass is 419 g/mol. The van der Waals surface area contributed by atoms with Crippen LogP contribution in [0, 0.1) is 0 Å². The summed E-state index contributed by atoms with van der Waals surface area (Å²) in [5, 5.41) is 10.7. The van der Waals surface area contributed by atoms with Crippen molar-refractivity contribution in [3.63, 3.8) is 0 Å². The Hall–Kier alpha value is -2.83. The zero-order valence-electron chi connectivity index (χ0n) is 14.7. The highest BCUT2D eigenvalue weighted by Gasteiger charge is 2.41. The Bertz CT molecular complexity index is 998. The summed E-state index contributed by atoms with van der Waals surface area (Å²) in [6.07, 6.45) is 0.696. The van der Waals surface area contributed by atoms with Crippen molar-refractivity contribution in [3.05, 3.63) is 69.4 Å². The summed E-state index contributed by atoms with van der Waals surface area (Å²) < 4.78 is 5.04. The zero-order chi connectivity index (χ0) is 20.4. The van der Waals surface area contributed by atoms with Gasteiger partial charge in [-0.1, -0.05) is 36.2 Å². The quantitative estimate of drug-likeness (QED) is 0.573. The highest BCUT2D eigenvalue weighted by molar-refractivity contribution is 6.47. The first kappa shape index (κ1) is 19.9. The molecule has 0 spiro atoms.